The van der Waals surface area contributed by atoms with Crippen molar-refractivity contribution in [3.63, 3.8) is 0 Å². The Labute approximate surface area is 153 Å². The summed E-state index contributed by atoms with van der Waals surface area (Å²) in [6.07, 6.45) is 1.90. The first-order valence-corrected chi connectivity index (χ1v) is 9.33. The molecular weight excluding hydrogens is 322 g/mol. The van der Waals surface area contributed by atoms with Gasteiger partial charge in [-0.25, -0.2) is 0 Å². The minimum absolute atomic E-state index is 0.166. The number of likely N-dealkylation sites (tertiary alicyclic amines) is 2. The largest absolute Gasteiger partial charge is 0.361 e. The Morgan fingerprint density at radius 3 is 2.69 bits per heavy atom. The maximum atomic E-state index is 13.2. The lowest BCUT2D eigenvalue weighted by molar-refractivity contribution is 0.0770. The molecule has 2 aliphatic rings. The third-order valence-corrected chi connectivity index (χ3v) is 6.15. The Balaban J connectivity index is 1.42. The van der Waals surface area contributed by atoms with Crippen molar-refractivity contribution in [1.29, 1.82) is 0 Å². The number of amides is 1. The highest BCUT2D eigenvalue weighted by atomic mass is 16.2. The zero-order valence-electron chi connectivity index (χ0n) is 14.9. The van der Waals surface area contributed by atoms with Gasteiger partial charge in [0.15, 0.2) is 0 Å². The molecule has 0 spiro atoms. The van der Waals surface area contributed by atoms with Gasteiger partial charge < -0.3 is 9.88 Å². The highest BCUT2D eigenvalue weighted by Gasteiger charge is 2.47. The van der Waals surface area contributed by atoms with Crippen molar-refractivity contribution >= 4 is 16.8 Å². The third-order valence-electron chi connectivity index (χ3n) is 6.15. The predicted octanol–water partition coefficient (Wildman–Crippen LogP) is 3.54. The van der Waals surface area contributed by atoms with Crippen LogP contribution >= 0.6 is 0 Å². The fourth-order valence-electron chi connectivity index (χ4n) is 5.02. The van der Waals surface area contributed by atoms with E-state index in [-0.39, 0.29) is 5.91 Å². The zero-order valence-corrected chi connectivity index (χ0v) is 14.9. The Morgan fingerprint density at radius 1 is 1.00 bits per heavy atom. The average Bonchev–Trinajstić information content (AvgIpc) is 3.35. The number of rotatable bonds is 2. The molecule has 0 aliphatic carbocycles. The van der Waals surface area contributed by atoms with Crippen molar-refractivity contribution < 1.29 is 4.79 Å². The second-order valence-corrected chi connectivity index (χ2v) is 7.67. The third kappa shape index (κ3) is 2.36. The minimum atomic E-state index is 0.166. The lowest BCUT2D eigenvalue weighted by Gasteiger charge is -2.27. The summed E-state index contributed by atoms with van der Waals surface area (Å²) in [6, 6.07) is 19.1. The van der Waals surface area contributed by atoms with Gasteiger partial charge in [-0.15, -0.1) is 0 Å². The number of aromatic amines is 1. The molecule has 3 heterocycles. The number of fused-ring (bicyclic) bond motifs is 2. The van der Waals surface area contributed by atoms with Crippen molar-refractivity contribution in [2.45, 2.75) is 6.04 Å². The lowest BCUT2D eigenvalue weighted by Crippen LogP contribution is -2.33. The molecule has 4 heteroatoms. The average molecular weight is 345 g/mol. The molecule has 2 fully saturated rings. The second-order valence-electron chi connectivity index (χ2n) is 7.67. The first kappa shape index (κ1) is 15.6. The van der Waals surface area contributed by atoms with Crippen LogP contribution in [0.1, 0.15) is 22.0 Å². The Hall–Kier alpha value is -2.59. The fourth-order valence-corrected chi connectivity index (χ4v) is 5.02. The minimum Gasteiger partial charge on any atom is -0.361 e. The lowest BCUT2D eigenvalue weighted by atomic mass is 9.90. The molecule has 2 aliphatic heterocycles. The summed E-state index contributed by atoms with van der Waals surface area (Å²) in [4.78, 5) is 20.9. The first-order valence-electron chi connectivity index (χ1n) is 9.33. The molecule has 3 aromatic rings. The van der Waals surface area contributed by atoms with E-state index in [4.69, 9.17) is 0 Å². The summed E-state index contributed by atoms with van der Waals surface area (Å²) in [5.74, 6) is 1.23. The van der Waals surface area contributed by atoms with E-state index in [0.717, 1.165) is 36.1 Å². The second kappa shape index (κ2) is 5.99. The zero-order chi connectivity index (χ0) is 17.7. The molecule has 132 valence electrons. The molecular formula is C22H23N3O. The normalized spacial score (nSPS) is 25.7. The van der Waals surface area contributed by atoms with Crippen molar-refractivity contribution in [1.82, 2.24) is 14.8 Å². The Bertz CT molecular complexity index is 948. The molecule has 2 aromatic carbocycles. The molecule has 1 amide bonds. The van der Waals surface area contributed by atoms with Crippen LogP contribution in [0.3, 0.4) is 0 Å². The summed E-state index contributed by atoms with van der Waals surface area (Å²) in [7, 11) is 2.21. The standard InChI is InChI=1S/C22H23N3O/c1-24-12-16-13-25(14-19(16)21(24)15-6-3-2-4-7-15)22(26)18-8-5-9-20-17(18)10-11-23-20/h2-11,16,19,21,23H,12-14H2,1H3/t16-,19+,21-/m1/s1. The van der Waals surface area contributed by atoms with E-state index in [1.54, 1.807) is 0 Å². The summed E-state index contributed by atoms with van der Waals surface area (Å²) >= 11 is 0. The van der Waals surface area contributed by atoms with Crippen LogP contribution in [0.4, 0.5) is 0 Å². The molecule has 2 saturated heterocycles. The highest BCUT2D eigenvalue weighted by Crippen LogP contribution is 2.44. The van der Waals surface area contributed by atoms with E-state index in [9.17, 15) is 4.79 Å². The predicted molar refractivity (Wildman–Crippen MR) is 103 cm³/mol. The van der Waals surface area contributed by atoms with Gasteiger partial charge in [0.25, 0.3) is 5.91 Å². The van der Waals surface area contributed by atoms with Gasteiger partial charge in [0.2, 0.25) is 0 Å². The summed E-state index contributed by atoms with van der Waals surface area (Å²) in [5, 5.41) is 1.02. The number of hydrogen-bond donors (Lipinski definition) is 1. The van der Waals surface area contributed by atoms with Crippen LogP contribution < -0.4 is 0 Å². The van der Waals surface area contributed by atoms with Gasteiger partial charge in [-0.05, 0) is 36.7 Å². The molecule has 0 radical (unpaired) electrons. The Morgan fingerprint density at radius 2 is 1.85 bits per heavy atom. The van der Waals surface area contributed by atoms with E-state index in [2.05, 4.69) is 52.2 Å². The van der Waals surface area contributed by atoms with E-state index < -0.39 is 0 Å². The number of hydrogen-bond acceptors (Lipinski definition) is 2. The molecule has 26 heavy (non-hydrogen) atoms. The summed E-state index contributed by atoms with van der Waals surface area (Å²) in [5.41, 5.74) is 3.20. The van der Waals surface area contributed by atoms with Crippen LogP contribution in [-0.2, 0) is 0 Å². The number of nitrogens with one attached hydrogen (secondary N) is 1. The maximum absolute atomic E-state index is 13.2. The first-order chi connectivity index (χ1) is 12.7. The highest BCUT2D eigenvalue weighted by molar-refractivity contribution is 6.06. The summed E-state index contributed by atoms with van der Waals surface area (Å²) < 4.78 is 0. The quantitative estimate of drug-likeness (QED) is 0.772. The molecule has 1 aromatic heterocycles. The molecule has 0 unspecified atom stereocenters. The van der Waals surface area contributed by atoms with Crippen molar-refractivity contribution in [3.05, 3.63) is 71.9 Å². The fraction of sp³-hybridized carbons (Fsp3) is 0.318. The van der Waals surface area contributed by atoms with E-state index in [1.165, 1.54) is 5.56 Å². The number of benzene rings is 2. The van der Waals surface area contributed by atoms with Crippen LogP contribution in [0.15, 0.2) is 60.8 Å². The van der Waals surface area contributed by atoms with E-state index >= 15 is 0 Å². The monoisotopic (exact) mass is 345 g/mol. The van der Waals surface area contributed by atoms with E-state index in [1.807, 2.05) is 30.5 Å². The van der Waals surface area contributed by atoms with Crippen LogP contribution in [0, 0.1) is 11.8 Å². The maximum Gasteiger partial charge on any atom is 0.254 e. The van der Waals surface area contributed by atoms with Gasteiger partial charge in [0, 0.05) is 54.3 Å². The van der Waals surface area contributed by atoms with Gasteiger partial charge in [0.05, 0.1) is 0 Å². The van der Waals surface area contributed by atoms with Crippen LogP contribution in [0.25, 0.3) is 10.9 Å². The number of carbonyl (C=O) groups is 1. The molecule has 5 rings (SSSR count). The summed E-state index contributed by atoms with van der Waals surface area (Å²) in [6.45, 7) is 2.76. The van der Waals surface area contributed by atoms with Gasteiger partial charge >= 0.3 is 0 Å². The topological polar surface area (TPSA) is 39.3 Å². The van der Waals surface area contributed by atoms with Crippen molar-refractivity contribution in [2.75, 3.05) is 26.7 Å². The van der Waals surface area contributed by atoms with Gasteiger partial charge in [0.1, 0.15) is 0 Å². The SMILES string of the molecule is CN1C[C@@H]2CN(C(=O)c3cccc4[nH]ccc34)C[C@@H]2[C@H]1c1ccccc1. The molecule has 3 atom stereocenters. The van der Waals surface area contributed by atoms with Crippen LogP contribution in [-0.4, -0.2) is 47.4 Å². The smallest absolute Gasteiger partial charge is 0.254 e. The molecule has 4 nitrogen and oxygen atoms in total. The molecule has 0 bridgehead atoms. The van der Waals surface area contributed by atoms with Crippen molar-refractivity contribution in [3.8, 4) is 0 Å². The van der Waals surface area contributed by atoms with Gasteiger partial charge in [-0.1, -0.05) is 36.4 Å². The molecule has 0 saturated carbocycles. The van der Waals surface area contributed by atoms with Gasteiger partial charge in [-0.3, -0.25) is 9.69 Å². The van der Waals surface area contributed by atoms with Crippen LogP contribution in [0.2, 0.25) is 0 Å². The number of carbonyl (C=O) groups excluding carboxylic acids is 1. The van der Waals surface area contributed by atoms with Crippen molar-refractivity contribution in [2.24, 2.45) is 11.8 Å². The molecule has 1 N–H and O–H groups in total. The number of aromatic nitrogens is 1. The number of nitrogens with zero attached hydrogens (tertiary/aromatic N) is 2. The van der Waals surface area contributed by atoms with Gasteiger partial charge in [-0.2, -0.15) is 0 Å². The number of H-pyrrole nitrogens is 1. The van der Waals surface area contributed by atoms with E-state index in [0.29, 0.717) is 17.9 Å². The Kier molecular flexibility index (Phi) is 3.61. The van der Waals surface area contributed by atoms with Crippen LogP contribution in [0.5, 0.6) is 0 Å².